The SMILES string of the molecule is [Ca].[Mg].[Si].[Ti]. The van der Waals surface area contributed by atoms with E-state index in [1.807, 2.05) is 0 Å². The van der Waals surface area contributed by atoms with Gasteiger partial charge in [-0.15, -0.1) is 0 Å². The Morgan fingerprint density at radius 1 is 1.00 bits per heavy atom. The van der Waals surface area contributed by atoms with Gasteiger partial charge in [-0.2, -0.15) is 0 Å². The summed E-state index contributed by atoms with van der Waals surface area (Å²) in [6.07, 6.45) is 0. The zero-order chi connectivity index (χ0) is 0. The molecule has 0 spiro atoms. The van der Waals surface area contributed by atoms with Crippen LogP contribution in [-0.2, 0) is 21.7 Å². The maximum atomic E-state index is 0. The van der Waals surface area contributed by atoms with Crippen molar-refractivity contribution in [3.63, 3.8) is 0 Å². The predicted octanol–water partition coefficient (Wildman–Crippen LogP) is -1.14. The molecule has 0 heterocycles. The van der Waals surface area contributed by atoms with Gasteiger partial charge in [-0.05, 0) is 0 Å². The third-order valence-electron chi connectivity index (χ3n) is 0. The van der Waals surface area contributed by atoms with Gasteiger partial charge in [0.25, 0.3) is 0 Å². The molecule has 0 amide bonds. The fourth-order valence-corrected chi connectivity index (χ4v) is 0. The summed E-state index contributed by atoms with van der Waals surface area (Å²) in [4.78, 5) is 0. The molecule has 0 aromatic heterocycles. The summed E-state index contributed by atoms with van der Waals surface area (Å²) in [6.45, 7) is 0. The van der Waals surface area contributed by atoms with Crippen molar-refractivity contribution in [2.45, 2.75) is 0 Å². The summed E-state index contributed by atoms with van der Waals surface area (Å²) < 4.78 is 0. The van der Waals surface area contributed by atoms with E-state index in [0.717, 1.165) is 0 Å². The van der Waals surface area contributed by atoms with Crippen LogP contribution < -0.4 is 0 Å². The number of hydrogen-bond acceptors (Lipinski definition) is 0. The molecule has 0 aliphatic rings. The Bertz CT molecular complexity index is 8.00. The van der Waals surface area contributed by atoms with E-state index in [4.69, 9.17) is 0 Å². The van der Waals surface area contributed by atoms with Crippen LogP contribution in [0.4, 0.5) is 0 Å². The van der Waals surface area contributed by atoms with Gasteiger partial charge in [0.15, 0.2) is 0 Å². The first-order valence-electron chi connectivity index (χ1n) is 0. The van der Waals surface area contributed by atoms with Gasteiger partial charge in [0.2, 0.25) is 0 Å². The van der Waals surface area contributed by atoms with Gasteiger partial charge in [0.1, 0.15) is 0 Å². The Labute approximate surface area is 91.5 Å². The Kier molecular flexibility index (Phi) is 118. The molecule has 0 aliphatic carbocycles. The van der Waals surface area contributed by atoms with Gasteiger partial charge in [0.05, 0.1) is 0 Å². The van der Waals surface area contributed by atoms with Crippen molar-refractivity contribution in [2.24, 2.45) is 0 Å². The van der Waals surface area contributed by atoms with Gasteiger partial charge in [-0.3, -0.25) is 0 Å². The van der Waals surface area contributed by atoms with Crippen LogP contribution >= 0.6 is 0 Å². The molecule has 0 aromatic carbocycles. The van der Waals surface area contributed by atoms with E-state index in [1.54, 1.807) is 0 Å². The quantitative estimate of drug-likeness (QED) is 0.373. The van der Waals surface area contributed by atoms with Crippen LogP contribution in [0.15, 0.2) is 0 Å². The van der Waals surface area contributed by atoms with Crippen LogP contribution in [0.1, 0.15) is 0 Å². The van der Waals surface area contributed by atoms with E-state index in [-0.39, 0.29) is 93.5 Å². The maximum absolute atomic E-state index is 0. The van der Waals surface area contributed by atoms with Crippen molar-refractivity contribution < 1.29 is 21.7 Å². The van der Waals surface area contributed by atoms with Crippen LogP contribution in [0.3, 0.4) is 0 Å². The smallest absolute Gasteiger partial charge is 0 e. The largest absolute Gasteiger partial charge is 0 e. The minimum atomic E-state index is 0. The van der Waals surface area contributed by atoms with Gasteiger partial charge in [-0.1, -0.05) is 0 Å². The van der Waals surface area contributed by atoms with E-state index in [9.17, 15) is 0 Å². The monoisotopic (exact) mass is 140 g/mol. The second-order valence-electron chi connectivity index (χ2n) is 0. The molecular formula is CaMgSiTi. The van der Waals surface area contributed by atoms with Crippen molar-refractivity contribution in [3.8, 4) is 0 Å². The molecular weight excluding hydrogens is 140 g/mol. The van der Waals surface area contributed by atoms with Crippen molar-refractivity contribution >= 4 is 71.8 Å². The zero-order valence-electron chi connectivity index (χ0n) is 2.41. The summed E-state index contributed by atoms with van der Waals surface area (Å²) in [6, 6.07) is 0. The second-order valence-corrected chi connectivity index (χ2v) is 0. The topological polar surface area (TPSA) is 0 Å². The summed E-state index contributed by atoms with van der Waals surface area (Å²) in [5.74, 6) is 0. The van der Waals surface area contributed by atoms with Gasteiger partial charge in [-0.25, -0.2) is 0 Å². The van der Waals surface area contributed by atoms with Crippen LogP contribution in [0.2, 0.25) is 0 Å². The van der Waals surface area contributed by atoms with Crippen molar-refractivity contribution in [1.82, 2.24) is 0 Å². The molecule has 0 unspecified atom stereocenters. The van der Waals surface area contributed by atoms with Crippen LogP contribution in [0.5, 0.6) is 0 Å². The first kappa shape index (κ1) is 28.2. The molecule has 4 heavy (non-hydrogen) atoms. The van der Waals surface area contributed by atoms with Gasteiger partial charge >= 0.3 is 0 Å². The van der Waals surface area contributed by atoms with Gasteiger partial charge in [0, 0.05) is 93.5 Å². The van der Waals surface area contributed by atoms with Crippen molar-refractivity contribution in [2.75, 3.05) is 0 Å². The molecule has 0 rings (SSSR count). The van der Waals surface area contributed by atoms with E-state index in [1.165, 1.54) is 0 Å². The third kappa shape index (κ3) is 8.88. The summed E-state index contributed by atoms with van der Waals surface area (Å²) in [5.41, 5.74) is 0. The zero-order valence-corrected chi connectivity index (χ0v) is 8.60. The van der Waals surface area contributed by atoms with E-state index in [2.05, 4.69) is 0 Å². The maximum Gasteiger partial charge on any atom is 0 e. The Morgan fingerprint density at radius 3 is 1.00 bits per heavy atom. The van der Waals surface area contributed by atoms with Gasteiger partial charge < -0.3 is 0 Å². The van der Waals surface area contributed by atoms with E-state index >= 15 is 0 Å². The summed E-state index contributed by atoms with van der Waals surface area (Å²) in [5, 5.41) is 0. The fourth-order valence-electron chi connectivity index (χ4n) is 0. The molecule has 0 atom stereocenters. The normalized spacial score (nSPS) is 0. The summed E-state index contributed by atoms with van der Waals surface area (Å²) >= 11 is 0. The number of hydrogen-bond donors (Lipinski definition) is 0. The predicted molar refractivity (Wildman–Crippen MR) is 17.3 cm³/mol. The molecule has 0 fully saturated rings. The van der Waals surface area contributed by atoms with Crippen LogP contribution in [-0.4, -0.2) is 71.8 Å². The van der Waals surface area contributed by atoms with E-state index in [0.29, 0.717) is 0 Å². The number of rotatable bonds is 0. The standard InChI is InChI=1S/Ca.Mg.Si.Ti. The third-order valence-corrected chi connectivity index (χ3v) is 0. The Balaban J connectivity index is 0. The molecule has 0 aromatic rings. The molecule has 0 saturated heterocycles. The Hall–Kier alpha value is 2.96. The Morgan fingerprint density at radius 2 is 1.00 bits per heavy atom. The van der Waals surface area contributed by atoms with E-state index < -0.39 is 0 Å². The molecule has 0 aliphatic heterocycles. The fraction of sp³-hybridized carbons (Fsp3) is 0. The molecule has 8 radical (unpaired) electrons. The second kappa shape index (κ2) is 16.7. The van der Waals surface area contributed by atoms with Crippen LogP contribution in [0, 0.1) is 0 Å². The molecule has 0 N–H and O–H groups in total. The first-order valence-corrected chi connectivity index (χ1v) is 0. The first-order chi connectivity index (χ1) is 0. The average molecular weight is 140 g/mol. The summed E-state index contributed by atoms with van der Waals surface area (Å²) in [7, 11) is 0. The molecule has 12 valence electrons. The van der Waals surface area contributed by atoms with Crippen LogP contribution in [0.25, 0.3) is 0 Å². The molecule has 0 bridgehead atoms. The molecule has 4 heteroatoms. The van der Waals surface area contributed by atoms with Crippen molar-refractivity contribution in [3.05, 3.63) is 0 Å². The minimum Gasteiger partial charge on any atom is 0 e. The average Bonchev–Trinajstić information content (AvgIpc) is 0. The van der Waals surface area contributed by atoms with Crippen molar-refractivity contribution in [1.29, 1.82) is 0 Å². The molecule has 0 nitrogen and oxygen atoms in total. The minimum absolute atomic E-state index is 0. The molecule has 0 saturated carbocycles.